The average molecular weight is 216 g/mol. The molecule has 0 radical (unpaired) electrons. The second-order valence-electron chi connectivity index (χ2n) is 3.48. The SMILES string of the molecule is O=C(CO)c1ccc(Cn2cccn2)cc1. The van der Waals surface area contributed by atoms with Crippen molar-refractivity contribution in [1.29, 1.82) is 0 Å². The lowest BCUT2D eigenvalue weighted by molar-refractivity contribution is 0.0904. The van der Waals surface area contributed by atoms with E-state index in [1.165, 1.54) is 0 Å². The summed E-state index contributed by atoms with van der Waals surface area (Å²) in [6.45, 7) is 0.235. The molecule has 0 saturated heterocycles. The zero-order valence-corrected chi connectivity index (χ0v) is 8.71. The maximum absolute atomic E-state index is 11.2. The molecule has 1 N–H and O–H groups in total. The minimum absolute atomic E-state index is 0.259. The normalized spacial score (nSPS) is 10.3. The van der Waals surface area contributed by atoms with Crippen LogP contribution in [-0.2, 0) is 6.54 Å². The third kappa shape index (κ3) is 2.35. The number of carbonyl (C=O) groups is 1. The molecule has 0 saturated carbocycles. The maximum Gasteiger partial charge on any atom is 0.188 e. The second-order valence-corrected chi connectivity index (χ2v) is 3.48. The lowest BCUT2D eigenvalue weighted by Crippen LogP contribution is -2.05. The van der Waals surface area contributed by atoms with Gasteiger partial charge in [-0.3, -0.25) is 9.48 Å². The van der Waals surface area contributed by atoms with Crippen molar-refractivity contribution in [3.05, 3.63) is 53.9 Å². The summed E-state index contributed by atoms with van der Waals surface area (Å²) < 4.78 is 1.81. The van der Waals surface area contributed by atoms with Crippen LogP contribution in [-0.4, -0.2) is 27.3 Å². The van der Waals surface area contributed by atoms with Gasteiger partial charge in [0.25, 0.3) is 0 Å². The van der Waals surface area contributed by atoms with Crippen molar-refractivity contribution in [2.75, 3.05) is 6.61 Å². The molecule has 0 amide bonds. The fraction of sp³-hybridized carbons (Fsp3) is 0.167. The Bertz CT molecular complexity index is 460. The number of hydrogen-bond acceptors (Lipinski definition) is 3. The Morgan fingerprint density at radius 1 is 1.31 bits per heavy atom. The molecule has 0 aliphatic carbocycles. The molecule has 0 aliphatic rings. The number of benzene rings is 1. The fourth-order valence-corrected chi connectivity index (χ4v) is 1.47. The van der Waals surface area contributed by atoms with Gasteiger partial charge in [0.05, 0.1) is 6.54 Å². The van der Waals surface area contributed by atoms with Crippen molar-refractivity contribution in [1.82, 2.24) is 9.78 Å². The van der Waals surface area contributed by atoms with E-state index < -0.39 is 6.61 Å². The number of aromatic nitrogens is 2. The van der Waals surface area contributed by atoms with Crippen molar-refractivity contribution in [3.63, 3.8) is 0 Å². The molecule has 0 spiro atoms. The number of aliphatic hydroxyl groups excluding tert-OH is 1. The van der Waals surface area contributed by atoms with Gasteiger partial charge in [0.1, 0.15) is 6.61 Å². The summed E-state index contributed by atoms with van der Waals surface area (Å²) in [5.74, 6) is -0.259. The number of rotatable bonds is 4. The van der Waals surface area contributed by atoms with Crippen LogP contribution in [0.2, 0.25) is 0 Å². The Morgan fingerprint density at radius 2 is 2.06 bits per heavy atom. The van der Waals surface area contributed by atoms with E-state index in [1.807, 2.05) is 29.1 Å². The Hall–Kier alpha value is -1.94. The Morgan fingerprint density at radius 3 is 2.62 bits per heavy atom. The molecule has 82 valence electrons. The van der Waals surface area contributed by atoms with Gasteiger partial charge in [-0.15, -0.1) is 0 Å². The molecule has 1 aromatic heterocycles. The molecule has 2 rings (SSSR count). The Labute approximate surface area is 93.1 Å². The predicted octanol–water partition coefficient (Wildman–Crippen LogP) is 1.11. The molecule has 16 heavy (non-hydrogen) atoms. The van der Waals surface area contributed by atoms with Crippen LogP contribution in [0.4, 0.5) is 0 Å². The highest BCUT2D eigenvalue weighted by Crippen LogP contribution is 2.06. The van der Waals surface area contributed by atoms with Gasteiger partial charge >= 0.3 is 0 Å². The maximum atomic E-state index is 11.2. The predicted molar refractivity (Wildman–Crippen MR) is 59.2 cm³/mol. The summed E-state index contributed by atoms with van der Waals surface area (Å²) >= 11 is 0. The lowest BCUT2D eigenvalue weighted by Gasteiger charge is -2.03. The highest BCUT2D eigenvalue weighted by Gasteiger charge is 2.03. The molecule has 4 heteroatoms. The first kappa shape index (κ1) is 10.6. The van der Waals surface area contributed by atoms with Crippen LogP contribution < -0.4 is 0 Å². The minimum atomic E-state index is -0.446. The molecule has 0 bridgehead atoms. The van der Waals surface area contributed by atoms with E-state index in [-0.39, 0.29) is 5.78 Å². The van der Waals surface area contributed by atoms with Gasteiger partial charge in [0, 0.05) is 18.0 Å². The number of hydrogen-bond donors (Lipinski definition) is 1. The fourth-order valence-electron chi connectivity index (χ4n) is 1.47. The monoisotopic (exact) mass is 216 g/mol. The van der Waals surface area contributed by atoms with Gasteiger partial charge < -0.3 is 5.11 Å². The highest BCUT2D eigenvalue weighted by molar-refractivity contribution is 5.96. The van der Waals surface area contributed by atoms with Crippen LogP contribution in [0.1, 0.15) is 15.9 Å². The van der Waals surface area contributed by atoms with E-state index in [4.69, 9.17) is 5.11 Å². The van der Waals surface area contributed by atoms with Crippen LogP contribution in [0.5, 0.6) is 0 Å². The summed E-state index contributed by atoms with van der Waals surface area (Å²) in [5, 5.41) is 12.8. The van der Waals surface area contributed by atoms with Crippen LogP contribution in [0, 0.1) is 0 Å². The third-order valence-electron chi connectivity index (χ3n) is 2.32. The Balaban J connectivity index is 2.10. The van der Waals surface area contributed by atoms with Crippen molar-refractivity contribution in [3.8, 4) is 0 Å². The van der Waals surface area contributed by atoms with Gasteiger partial charge in [-0.25, -0.2) is 0 Å². The van der Waals surface area contributed by atoms with Crippen LogP contribution in [0.3, 0.4) is 0 Å². The molecule has 1 heterocycles. The van der Waals surface area contributed by atoms with E-state index in [0.29, 0.717) is 12.1 Å². The van der Waals surface area contributed by atoms with Crippen molar-refractivity contribution < 1.29 is 9.90 Å². The molecule has 1 aromatic carbocycles. The molecule has 4 nitrogen and oxygen atoms in total. The smallest absolute Gasteiger partial charge is 0.188 e. The van der Waals surface area contributed by atoms with Crippen LogP contribution in [0.15, 0.2) is 42.7 Å². The van der Waals surface area contributed by atoms with Gasteiger partial charge in [0.15, 0.2) is 5.78 Å². The van der Waals surface area contributed by atoms with E-state index in [0.717, 1.165) is 5.56 Å². The molecule has 0 atom stereocenters. The molecule has 2 aromatic rings. The number of Topliss-reactive ketones (excluding diaryl/α,β-unsaturated/α-hetero) is 1. The van der Waals surface area contributed by atoms with E-state index in [1.54, 1.807) is 18.3 Å². The van der Waals surface area contributed by atoms with E-state index >= 15 is 0 Å². The van der Waals surface area contributed by atoms with Gasteiger partial charge in [-0.1, -0.05) is 24.3 Å². The van der Waals surface area contributed by atoms with Crippen molar-refractivity contribution in [2.45, 2.75) is 6.54 Å². The van der Waals surface area contributed by atoms with E-state index in [9.17, 15) is 4.79 Å². The first-order chi connectivity index (χ1) is 7.79. The van der Waals surface area contributed by atoms with Crippen LogP contribution >= 0.6 is 0 Å². The first-order valence-corrected chi connectivity index (χ1v) is 5.00. The largest absolute Gasteiger partial charge is 0.388 e. The van der Waals surface area contributed by atoms with Gasteiger partial charge in [-0.05, 0) is 11.6 Å². The molecular weight excluding hydrogens is 204 g/mol. The second kappa shape index (κ2) is 4.72. The standard InChI is InChI=1S/C12H12N2O2/c15-9-12(16)11-4-2-10(3-5-11)8-14-7-1-6-13-14/h1-7,15H,8-9H2. The summed E-state index contributed by atoms with van der Waals surface area (Å²) in [4.78, 5) is 11.2. The number of aliphatic hydroxyl groups is 1. The van der Waals surface area contributed by atoms with Crippen molar-refractivity contribution >= 4 is 5.78 Å². The van der Waals surface area contributed by atoms with Gasteiger partial charge in [0.2, 0.25) is 0 Å². The lowest BCUT2D eigenvalue weighted by atomic mass is 10.1. The number of nitrogens with zero attached hydrogens (tertiary/aromatic N) is 2. The van der Waals surface area contributed by atoms with Gasteiger partial charge in [-0.2, -0.15) is 5.10 Å². The molecule has 0 unspecified atom stereocenters. The minimum Gasteiger partial charge on any atom is -0.388 e. The number of ketones is 1. The summed E-state index contributed by atoms with van der Waals surface area (Å²) in [6, 6.07) is 9.04. The zero-order valence-electron chi connectivity index (χ0n) is 8.71. The molecule has 0 fully saturated rings. The third-order valence-corrected chi connectivity index (χ3v) is 2.32. The summed E-state index contributed by atoms with van der Waals surface area (Å²) in [5.41, 5.74) is 1.60. The van der Waals surface area contributed by atoms with E-state index in [2.05, 4.69) is 5.10 Å². The first-order valence-electron chi connectivity index (χ1n) is 5.00. The quantitative estimate of drug-likeness (QED) is 0.779. The topological polar surface area (TPSA) is 55.1 Å². The van der Waals surface area contributed by atoms with Crippen LogP contribution in [0.25, 0.3) is 0 Å². The Kier molecular flexibility index (Phi) is 3.12. The summed E-state index contributed by atoms with van der Waals surface area (Å²) in [7, 11) is 0. The molecular formula is C12H12N2O2. The highest BCUT2D eigenvalue weighted by atomic mass is 16.3. The average Bonchev–Trinajstić information content (AvgIpc) is 2.82. The zero-order chi connectivity index (χ0) is 11.4. The number of carbonyl (C=O) groups excluding carboxylic acids is 1. The van der Waals surface area contributed by atoms with Crippen molar-refractivity contribution in [2.24, 2.45) is 0 Å². The molecule has 0 aliphatic heterocycles. The summed E-state index contributed by atoms with van der Waals surface area (Å²) in [6.07, 6.45) is 3.61.